The number of benzene rings is 1. The molecule has 0 fully saturated rings. The van der Waals surface area contributed by atoms with Gasteiger partial charge in [0.2, 0.25) is 21.8 Å². The molecule has 0 aliphatic carbocycles. The van der Waals surface area contributed by atoms with Crippen LogP contribution < -0.4 is 10.0 Å². The van der Waals surface area contributed by atoms with Gasteiger partial charge in [-0.25, -0.2) is 18.1 Å². The van der Waals surface area contributed by atoms with Crippen molar-refractivity contribution in [1.82, 2.24) is 15.0 Å². The van der Waals surface area contributed by atoms with Gasteiger partial charge in [-0.05, 0) is 5.56 Å². The monoisotopic (exact) mass is 440 g/mol. The quantitative estimate of drug-likeness (QED) is 0.675. The van der Waals surface area contributed by atoms with Crippen LogP contribution in [0.15, 0.2) is 35.4 Å². The van der Waals surface area contributed by atoms with E-state index >= 15 is 0 Å². The number of nitrogens with zero attached hydrogens (tertiary/aromatic N) is 2. The lowest BCUT2D eigenvalue weighted by atomic mass is 10.0. The molecular weight excluding hydrogens is 412 g/mol. The SMILES string of the molecule is CC(C)C(=O)NC1=NN(C(=O)C(C)C)C(CCNS(C)(=O)=O)(c2ccccc2)S1. The van der Waals surface area contributed by atoms with Gasteiger partial charge in [-0.1, -0.05) is 69.8 Å². The molecule has 1 unspecified atom stereocenters. The van der Waals surface area contributed by atoms with Crippen LogP contribution in [0.3, 0.4) is 0 Å². The predicted octanol–water partition coefficient (Wildman–Crippen LogP) is 2.05. The second-order valence-electron chi connectivity index (χ2n) is 7.52. The molecule has 0 radical (unpaired) electrons. The largest absolute Gasteiger partial charge is 0.303 e. The molecule has 0 saturated heterocycles. The summed E-state index contributed by atoms with van der Waals surface area (Å²) in [5, 5.41) is 8.91. The number of nitrogens with one attached hydrogen (secondary N) is 2. The highest BCUT2D eigenvalue weighted by atomic mass is 32.2. The first-order valence-electron chi connectivity index (χ1n) is 9.39. The number of carbonyl (C=O) groups excluding carboxylic acids is 2. The Morgan fingerprint density at radius 1 is 1.14 bits per heavy atom. The van der Waals surface area contributed by atoms with Crippen molar-refractivity contribution in [2.45, 2.75) is 39.0 Å². The molecule has 1 heterocycles. The first kappa shape index (κ1) is 23.4. The van der Waals surface area contributed by atoms with Crippen molar-refractivity contribution in [1.29, 1.82) is 0 Å². The van der Waals surface area contributed by atoms with E-state index in [1.807, 2.05) is 30.3 Å². The van der Waals surface area contributed by atoms with Gasteiger partial charge in [0.1, 0.15) is 4.87 Å². The molecule has 1 aromatic rings. The Labute approximate surface area is 176 Å². The Bertz CT molecular complexity index is 885. The Morgan fingerprint density at radius 2 is 1.76 bits per heavy atom. The highest BCUT2D eigenvalue weighted by Gasteiger charge is 2.49. The van der Waals surface area contributed by atoms with Crippen molar-refractivity contribution >= 4 is 38.8 Å². The van der Waals surface area contributed by atoms with Crippen molar-refractivity contribution in [3.05, 3.63) is 35.9 Å². The summed E-state index contributed by atoms with van der Waals surface area (Å²) in [5.74, 6) is -0.988. The van der Waals surface area contributed by atoms with Crippen molar-refractivity contribution in [2.75, 3.05) is 12.8 Å². The number of hydrogen-bond acceptors (Lipinski definition) is 6. The maximum Gasteiger partial charge on any atom is 0.246 e. The molecule has 0 bridgehead atoms. The number of carbonyl (C=O) groups is 2. The first-order valence-corrected chi connectivity index (χ1v) is 12.1. The fraction of sp³-hybridized carbons (Fsp3) is 0.526. The van der Waals surface area contributed by atoms with E-state index in [0.717, 1.165) is 11.8 Å². The van der Waals surface area contributed by atoms with E-state index in [1.165, 1.54) is 16.8 Å². The lowest BCUT2D eigenvalue weighted by molar-refractivity contribution is -0.138. The minimum Gasteiger partial charge on any atom is -0.303 e. The standard InChI is InChI=1S/C19H28N4O4S2/c1-13(2)16(24)21-18-22-23(17(25)14(3)4)19(28-18,11-12-20-29(5,26)27)15-9-7-6-8-10-15/h6-10,13-14,20H,11-12H2,1-5H3,(H,21,22,24). The lowest BCUT2D eigenvalue weighted by Crippen LogP contribution is -2.45. The second kappa shape index (κ2) is 9.27. The molecule has 1 aromatic carbocycles. The van der Waals surface area contributed by atoms with Gasteiger partial charge in [0.05, 0.1) is 6.26 Å². The van der Waals surface area contributed by atoms with Gasteiger partial charge in [0, 0.05) is 24.8 Å². The molecular formula is C19H28N4O4S2. The zero-order valence-electron chi connectivity index (χ0n) is 17.3. The molecule has 160 valence electrons. The Kier molecular flexibility index (Phi) is 7.47. The number of hydrogen-bond donors (Lipinski definition) is 2. The van der Waals surface area contributed by atoms with Crippen LogP contribution in [0.25, 0.3) is 0 Å². The number of rotatable bonds is 7. The zero-order valence-corrected chi connectivity index (χ0v) is 18.9. The smallest absolute Gasteiger partial charge is 0.246 e. The first-order chi connectivity index (χ1) is 13.5. The molecule has 10 heteroatoms. The van der Waals surface area contributed by atoms with Gasteiger partial charge < -0.3 is 5.32 Å². The molecule has 0 spiro atoms. The van der Waals surface area contributed by atoms with Crippen molar-refractivity contribution in [3.8, 4) is 0 Å². The summed E-state index contributed by atoms with van der Waals surface area (Å²) in [7, 11) is -3.39. The van der Waals surface area contributed by atoms with E-state index in [2.05, 4.69) is 15.1 Å². The fourth-order valence-electron chi connectivity index (χ4n) is 2.75. The third kappa shape index (κ3) is 5.80. The number of hydrazone groups is 1. The number of sulfonamides is 1. The van der Waals surface area contributed by atoms with Gasteiger partial charge in [-0.15, -0.1) is 5.10 Å². The highest BCUT2D eigenvalue weighted by molar-refractivity contribution is 8.14. The van der Waals surface area contributed by atoms with Crippen molar-refractivity contribution in [2.24, 2.45) is 16.9 Å². The normalized spacial score (nSPS) is 19.6. The summed E-state index contributed by atoms with van der Waals surface area (Å²) in [4.78, 5) is 24.2. The Balaban J connectivity index is 2.47. The summed E-state index contributed by atoms with van der Waals surface area (Å²) in [6.07, 6.45) is 1.36. The van der Waals surface area contributed by atoms with E-state index in [-0.39, 0.29) is 36.6 Å². The number of thioether (sulfide) groups is 1. The van der Waals surface area contributed by atoms with Crippen LogP contribution in [-0.4, -0.2) is 43.2 Å². The molecule has 8 nitrogen and oxygen atoms in total. The summed E-state index contributed by atoms with van der Waals surface area (Å²) in [6, 6.07) is 9.31. The Hall–Kier alpha value is -1.91. The van der Waals surface area contributed by atoms with E-state index < -0.39 is 14.9 Å². The molecule has 1 atom stereocenters. The van der Waals surface area contributed by atoms with Gasteiger partial charge in [-0.2, -0.15) is 0 Å². The van der Waals surface area contributed by atoms with Crippen LogP contribution in [0.4, 0.5) is 0 Å². The van der Waals surface area contributed by atoms with E-state index in [9.17, 15) is 18.0 Å². The highest BCUT2D eigenvalue weighted by Crippen LogP contribution is 2.48. The summed E-state index contributed by atoms with van der Waals surface area (Å²) in [6.45, 7) is 7.21. The van der Waals surface area contributed by atoms with Crippen LogP contribution in [0.1, 0.15) is 39.7 Å². The van der Waals surface area contributed by atoms with Crippen molar-refractivity contribution < 1.29 is 18.0 Å². The van der Waals surface area contributed by atoms with Crippen LogP contribution in [0, 0.1) is 11.8 Å². The van der Waals surface area contributed by atoms with Crippen LogP contribution in [-0.2, 0) is 24.5 Å². The van der Waals surface area contributed by atoms with Gasteiger partial charge >= 0.3 is 0 Å². The third-order valence-electron chi connectivity index (χ3n) is 4.31. The number of amidine groups is 1. The zero-order chi connectivity index (χ0) is 21.8. The molecule has 2 rings (SSSR count). The summed E-state index contributed by atoms with van der Waals surface area (Å²) >= 11 is 1.25. The van der Waals surface area contributed by atoms with Gasteiger partial charge in [-0.3, -0.25) is 9.59 Å². The topological polar surface area (TPSA) is 108 Å². The minimum atomic E-state index is -3.39. The predicted molar refractivity (Wildman–Crippen MR) is 115 cm³/mol. The average Bonchev–Trinajstić information content (AvgIpc) is 2.99. The summed E-state index contributed by atoms with van der Waals surface area (Å²) in [5.41, 5.74) is 0.798. The second-order valence-corrected chi connectivity index (χ2v) is 10.6. The molecule has 0 saturated carbocycles. The molecule has 29 heavy (non-hydrogen) atoms. The maximum absolute atomic E-state index is 13.0. The molecule has 0 aromatic heterocycles. The van der Waals surface area contributed by atoms with Crippen molar-refractivity contribution in [3.63, 3.8) is 0 Å². The van der Waals surface area contributed by atoms with Gasteiger partial charge in [0.25, 0.3) is 0 Å². The average molecular weight is 441 g/mol. The molecule has 2 N–H and O–H groups in total. The van der Waals surface area contributed by atoms with Crippen LogP contribution in [0.5, 0.6) is 0 Å². The summed E-state index contributed by atoms with van der Waals surface area (Å²) < 4.78 is 25.6. The number of amides is 2. The van der Waals surface area contributed by atoms with E-state index in [4.69, 9.17) is 0 Å². The van der Waals surface area contributed by atoms with Crippen LogP contribution >= 0.6 is 11.8 Å². The van der Waals surface area contributed by atoms with Crippen LogP contribution in [0.2, 0.25) is 0 Å². The molecule has 1 aliphatic rings. The van der Waals surface area contributed by atoms with Gasteiger partial charge in [0.15, 0.2) is 5.17 Å². The molecule has 2 amide bonds. The van der Waals surface area contributed by atoms with E-state index in [1.54, 1.807) is 27.7 Å². The Morgan fingerprint density at radius 3 is 2.28 bits per heavy atom. The maximum atomic E-state index is 13.0. The minimum absolute atomic E-state index is 0.115. The fourth-order valence-corrected chi connectivity index (χ4v) is 4.50. The molecule has 1 aliphatic heterocycles. The van der Waals surface area contributed by atoms with E-state index in [0.29, 0.717) is 5.17 Å². The third-order valence-corrected chi connectivity index (χ3v) is 6.36. The lowest BCUT2D eigenvalue weighted by Gasteiger charge is -2.36.